The topological polar surface area (TPSA) is 96.2 Å². The first-order valence-electron chi connectivity index (χ1n) is 4.74. The Morgan fingerprint density at radius 1 is 1.27 bits per heavy atom. The van der Waals surface area contributed by atoms with Crippen LogP contribution in [0.25, 0.3) is 0 Å². The summed E-state index contributed by atoms with van der Waals surface area (Å²) in [5.74, 6) is -0.209. The van der Waals surface area contributed by atoms with Crippen LogP contribution in [0.3, 0.4) is 0 Å². The van der Waals surface area contributed by atoms with Crippen LogP contribution in [0, 0.1) is 0 Å². The Bertz CT molecular complexity index is 231. The maximum absolute atomic E-state index is 10.6. The Morgan fingerprint density at radius 3 is 2.40 bits per heavy atom. The van der Waals surface area contributed by atoms with Crippen molar-refractivity contribution in [3.05, 3.63) is 0 Å². The van der Waals surface area contributed by atoms with Crippen LogP contribution in [0.4, 0.5) is 0 Å². The van der Waals surface area contributed by atoms with Gasteiger partial charge in [0.05, 0.1) is 6.10 Å². The largest absolute Gasteiger partial charge is 0.388 e. The van der Waals surface area contributed by atoms with Crippen molar-refractivity contribution in [1.82, 2.24) is 0 Å². The molecule has 88 valence electrons. The Morgan fingerprint density at radius 2 is 1.87 bits per heavy atom. The highest BCUT2D eigenvalue weighted by atomic mass is 16.7. The first kappa shape index (κ1) is 12.5. The molecule has 5 atom stereocenters. The maximum atomic E-state index is 10.6. The average Bonchev–Trinajstić information content (AvgIpc) is 2.18. The Kier molecular flexibility index (Phi) is 4.18. The smallest absolute Gasteiger partial charge is 0.187 e. The second kappa shape index (κ2) is 5.00. The van der Waals surface area contributed by atoms with E-state index in [2.05, 4.69) is 0 Å². The van der Waals surface area contributed by atoms with Crippen LogP contribution in [0.2, 0.25) is 0 Å². The van der Waals surface area contributed by atoms with E-state index in [9.17, 15) is 20.1 Å². The summed E-state index contributed by atoms with van der Waals surface area (Å²) in [7, 11) is 0. The number of aliphatic hydroxyl groups is 3. The summed E-state index contributed by atoms with van der Waals surface area (Å²) in [6.45, 7) is 2.69. The second-order valence-corrected chi connectivity index (χ2v) is 3.69. The molecular weight excluding hydrogens is 204 g/mol. The lowest BCUT2D eigenvalue weighted by Crippen LogP contribution is -2.57. The van der Waals surface area contributed by atoms with E-state index in [-0.39, 0.29) is 12.4 Å². The summed E-state index contributed by atoms with van der Waals surface area (Å²) >= 11 is 0. The van der Waals surface area contributed by atoms with Gasteiger partial charge in [-0.1, -0.05) is 0 Å². The quantitative estimate of drug-likeness (QED) is 0.531. The number of carbonyl (C=O) groups is 1. The summed E-state index contributed by atoms with van der Waals surface area (Å²) < 4.78 is 10.1. The first-order valence-corrected chi connectivity index (χ1v) is 4.74. The van der Waals surface area contributed by atoms with Crippen molar-refractivity contribution >= 4 is 5.78 Å². The summed E-state index contributed by atoms with van der Waals surface area (Å²) in [4.78, 5) is 10.6. The molecule has 1 saturated heterocycles. The van der Waals surface area contributed by atoms with Gasteiger partial charge < -0.3 is 24.8 Å². The van der Waals surface area contributed by atoms with E-state index < -0.39 is 30.7 Å². The minimum Gasteiger partial charge on any atom is -0.388 e. The third kappa shape index (κ3) is 2.96. The van der Waals surface area contributed by atoms with Gasteiger partial charge in [0, 0.05) is 0 Å². The highest BCUT2D eigenvalue weighted by Gasteiger charge is 2.42. The molecule has 1 heterocycles. The third-order valence-electron chi connectivity index (χ3n) is 2.26. The van der Waals surface area contributed by atoms with E-state index in [0.29, 0.717) is 0 Å². The molecule has 0 unspecified atom stereocenters. The number of Topliss-reactive ketones (excluding diaryl/α,β-unsaturated/α-hetero) is 1. The Labute approximate surface area is 87.4 Å². The van der Waals surface area contributed by atoms with Gasteiger partial charge >= 0.3 is 0 Å². The van der Waals surface area contributed by atoms with Gasteiger partial charge in [0.2, 0.25) is 0 Å². The van der Waals surface area contributed by atoms with Gasteiger partial charge in [0.25, 0.3) is 0 Å². The highest BCUT2D eigenvalue weighted by molar-refractivity contribution is 5.76. The zero-order valence-corrected chi connectivity index (χ0v) is 8.66. The molecule has 15 heavy (non-hydrogen) atoms. The lowest BCUT2D eigenvalue weighted by molar-refractivity contribution is -0.291. The summed E-state index contributed by atoms with van der Waals surface area (Å²) in [5.41, 5.74) is 0. The van der Waals surface area contributed by atoms with Gasteiger partial charge in [-0.25, -0.2) is 0 Å². The van der Waals surface area contributed by atoms with Gasteiger partial charge in [0.1, 0.15) is 24.9 Å². The molecule has 1 aliphatic rings. The molecule has 0 aromatic rings. The van der Waals surface area contributed by atoms with Crippen molar-refractivity contribution in [2.24, 2.45) is 0 Å². The van der Waals surface area contributed by atoms with Crippen molar-refractivity contribution in [3.63, 3.8) is 0 Å². The van der Waals surface area contributed by atoms with Crippen LogP contribution in [0.1, 0.15) is 13.8 Å². The molecule has 0 saturated carbocycles. The predicted molar refractivity (Wildman–Crippen MR) is 49.0 cm³/mol. The molecular formula is C9H16O6. The Hall–Kier alpha value is -0.530. The predicted octanol–water partition coefficient (Wildman–Crippen LogP) is -1.58. The number of ketones is 1. The van der Waals surface area contributed by atoms with Gasteiger partial charge in [-0.3, -0.25) is 4.79 Å². The van der Waals surface area contributed by atoms with Crippen LogP contribution in [0.15, 0.2) is 0 Å². The number of ether oxygens (including phenoxy) is 2. The molecule has 6 heteroatoms. The van der Waals surface area contributed by atoms with E-state index in [0.717, 1.165) is 0 Å². The molecule has 3 N–H and O–H groups in total. The lowest BCUT2D eigenvalue weighted by Gasteiger charge is -2.38. The highest BCUT2D eigenvalue weighted by Crippen LogP contribution is 2.21. The monoisotopic (exact) mass is 220 g/mol. The summed E-state index contributed by atoms with van der Waals surface area (Å²) in [6, 6.07) is 0. The molecule has 0 spiro atoms. The lowest BCUT2D eigenvalue weighted by atomic mass is 10.0. The fourth-order valence-corrected chi connectivity index (χ4v) is 1.35. The van der Waals surface area contributed by atoms with Crippen LogP contribution < -0.4 is 0 Å². The Balaban J connectivity index is 2.54. The van der Waals surface area contributed by atoms with E-state index in [1.54, 1.807) is 6.92 Å². The fourth-order valence-electron chi connectivity index (χ4n) is 1.35. The maximum Gasteiger partial charge on any atom is 0.187 e. The number of rotatable bonds is 3. The SMILES string of the molecule is CC(=O)CO[C@H]1O[C@H](C)[C@@H](O)[C@@H](O)[C@@H]1O. The van der Waals surface area contributed by atoms with Crippen LogP contribution in [-0.4, -0.2) is 58.4 Å². The van der Waals surface area contributed by atoms with E-state index >= 15 is 0 Å². The molecule has 1 aliphatic heterocycles. The van der Waals surface area contributed by atoms with Crippen LogP contribution in [-0.2, 0) is 14.3 Å². The first-order chi connectivity index (χ1) is 6.93. The molecule has 0 radical (unpaired) electrons. The summed E-state index contributed by atoms with van der Waals surface area (Å²) in [5, 5.41) is 28.2. The molecule has 6 nitrogen and oxygen atoms in total. The molecule has 0 aliphatic carbocycles. The van der Waals surface area contributed by atoms with E-state index in [4.69, 9.17) is 9.47 Å². The van der Waals surface area contributed by atoms with Gasteiger partial charge in [-0.15, -0.1) is 0 Å². The molecule has 0 aromatic carbocycles. The van der Waals surface area contributed by atoms with Gasteiger partial charge in [-0.2, -0.15) is 0 Å². The van der Waals surface area contributed by atoms with Crippen molar-refractivity contribution in [3.8, 4) is 0 Å². The number of aliphatic hydroxyl groups excluding tert-OH is 3. The fraction of sp³-hybridized carbons (Fsp3) is 0.889. The number of carbonyl (C=O) groups excluding carboxylic acids is 1. The molecule has 0 bridgehead atoms. The number of hydrogen-bond donors (Lipinski definition) is 3. The average molecular weight is 220 g/mol. The van der Waals surface area contributed by atoms with E-state index in [1.165, 1.54) is 6.92 Å². The second-order valence-electron chi connectivity index (χ2n) is 3.69. The van der Waals surface area contributed by atoms with Crippen molar-refractivity contribution in [1.29, 1.82) is 0 Å². The van der Waals surface area contributed by atoms with Gasteiger partial charge in [-0.05, 0) is 13.8 Å². The minimum absolute atomic E-state index is 0.197. The van der Waals surface area contributed by atoms with Crippen LogP contribution in [0.5, 0.6) is 0 Å². The summed E-state index contributed by atoms with van der Waals surface area (Å²) in [6.07, 6.45) is -5.57. The zero-order valence-electron chi connectivity index (χ0n) is 8.66. The zero-order chi connectivity index (χ0) is 11.6. The minimum atomic E-state index is -1.35. The molecule has 1 rings (SSSR count). The normalized spacial score (nSPS) is 41.5. The molecule has 0 amide bonds. The van der Waals surface area contributed by atoms with Gasteiger partial charge in [0.15, 0.2) is 12.1 Å². The van der Waals surface area contributed by atoms with Crippen molar-refractivity contribution in [2.45, 2.75) is 44.6 Å². The van der Waals surface area contributed by atoms with Crippen molar-refractivity contribution < 1.29 is 29.6 Å². The van der Waals surface area contributed by atoms with E-state index in [1.807, 2.05) is 0 Å². The standard InChI is InChI=1S/C9H16O6/c1-4(10)3-14-9-8(13)7(12)6(11)5(2)15-9/h5-9,11-13H,3H2,1-2H3/t5-,6-,7-,8+,9+/m1/s1. The van der Waals surface area contributed by atoms with Crippen LogP contribution >= 0.6 is 0 Å². The van der Waals surface area contributed by atoms with Crippen molar-refractivity contribution in [2.75, 3.05) is 6.61 Å². The number of hydrogen-bond acceptors (Lipinski definition) is 6. The molecule has 1 fully saturated rings. The third-order valence-corrected chi connectivity index (χ3v) is 2.26. The molecule has 0 aromatic heterocycles.